The summed E-state index contributed by atoms with van der Waals surface area (Å²) in [7, 11) is 0. The smallest absolute Gasteiger partial charge is 0.344 e. The van der Waals surface area contributed by atoms with Gasteiger partial charge in [-0.05, 0) is 18.5 Å². The second kappa shape index (κ2) is 5.61. The van der Waals surface area contributed by atoms with Crippen molar-refractivity contribution in [1.82, 2.24) is 10.6 Å². The Balaban J connectivity index is 2.11. The van der Waals surface area contributed by atoms with Crippen LogP contribution in [-0.2, 0) is 4.79 Å². The Labute approximate surface area is 109 Å². The average Bonchev–Trinajstić information content (AvgIpc) is 2.39. The first kappa shape index (κ1) is 13.9. The molecular weight excluding hydrogens is 257 g/mol. The molecular formula is C13H15F3N2O. The molecule has 0 spiro atoms. The van der Waals surface area contributed by atoms with E-state index in [1.165, 1.54) is 0 Å². The lowest BCUT2D eigenvalue weighted by Gasteiger charge is -2.33. The molecule has 2 rings (SSSR count). The van der Waals surface area contributed by atoms with Gasteiger partial charge in [0.25, 0.3) is 0 Å². The van der Waals surface area contributed by atoms with E-state index in [9.17, 15) is 18.0 Å². The number of hydrogen-bond donors (Lipinski definition) is 2. The monoisotopic (exact) mass is 272 g/mol. The second-order valence-electron chi connectivity index (χ2n) is 4.59. The Bertz CT molecular complexity index is 433. The van der Waals surface area contributed by atoms with Crippen molar-refractivity contribution in [2.75, 3.05) is 13.1 Å². The maximum absolute atomic E-state index is 12.3. The maximum atomic E-state index is 12.3. The van der Waals surface area contributed by atoms with Crippen LogP contribution in [0, 0.1) is 0 Å². The molecule has 0 radical (unpaired) electrons. The molecule has 1 aliphatic rings. The number of hydrogen-bond acceptors (Lipinski definition) is 2. The van der Waals surface area contributed by atoms with Crippen molar-refractivity contribution < 1.29 is 18.0 Å². The van der Waals surface area contributed by atoms with E-state index < -0.39 is 18.1 Å². The van der Waals surface area contributed by atoms with Crippen molar-refractivity contribution in [3.63, 3.8) is 0 Å². The van der Waals surface area contributed by atoms with Gasteiger partial charge in [0.05, 0.1) is 0 Å². The summed E-state index contributed by atoms with van der Waals surface area (Å²) in [6, 6.07) is 8.77. The highest BCUT2D eigenvalue weighted by Crippen LogP contribution is 2.26. The first-order valence-electron chi connectivity index (χ1n) is 6.12. The van der Waals surface area contributed by atoms with Crippen molar-refractivity contribution in [3.8, 4) is 0 Å². The zero-order valence-electron chi connectivity index (χ0n) is 10.2. The van der Waals surface area contributed by atoms with Crippen molar-refractivity contribution in [2.45, 2.75) is 24.6 Å². The van der Waals surface area contributed by atoms with Gasteiger partial charge in [-0.2, -0.15) is 13.2 Å². The zero-order chi connectivity index (χ0) is 13.9. The van der Waals surface area contributed by atoms with Crippen LogP contribution in [0.25, 0.3) is 0 Å². The minimum absolute atomic E-state index is 0.0891. The Morgan fingerprint density at radius 1 is 1.26 bits per heavy atom. The molecule has 1 fully saturated rings. The van der Waals surface area contributed by atoms with Gasteiger partial charge in [-0.1, -0.05) is 30.3 Å². The van der Waals surface area contributed by atoms with Gasteiger partial charge in [-0.25, -0.2) is 0 Å². The Kier molecular flexibility index (Phi) is 4.09. The van der Waals surface area contributed by atoms with Crippen LogP contribution in [0.5, 0.6) is 0 Å². The predicted octanol–water partition coefficient (Wildman–Crippen LogP) is 1.81. The first-order chi connectivity index (χ1) is 8.98. The molecule has 1 amide bonds. The number of rotatable bonds is 2. The lowest BCUT2D eigenvalue weighted by molar-refractivity contribution is -0.174. The van der Waals surface area contributed by atoms with E-state index in [2.05, 4.69) is 10.6 Å². The van der Waals surface area contributed by atoms with E-state index in [-0.39, 0.29) is 5.92 Å². The van der Waals surface area contributed by atoms with Crippen LogP contribution in [0.1, 0.15) is 17.9 Å². The SMILES string of the molecule is O=C(N[C@@H]1CNCC[C@@H]1c1ccccc1)C(F)(F)F. The highest BCUT2D eigenvalue weighted by atomic mass is 19.4. The van der Waals surface area contributed by atoms with E-state index in [0.717, 1.165) is 12.1 Å². The third-order valence-corrected chi connectivity index (χ3v) is 3.28. The van der Waals surface area contributed by atoms with Crippen LogP contribution in [0.4, 0.5) is 13.2 Å². The molecule has 19 heavy (non-hydrogen) atoms. The Morgan fingerprint density at radius 3 is 2.58 bits per heavy atom. The lowest BCUT2D eigenvalue weighted by Crippen LogP contribution is -2.53. The van der Waals surface area contributed by atoms with Gasteiger partial charge in [0.1, 0.15) is 0 Å². The predicted molar refractivity (Wildman–Crippen MR) is 64.7 cm³/mol. The number of piperidine rings is 1. The van der Waals surface area contributed by atoms with E-state index in [0.29, 0.717) is 13.0 Å². The molecule has 3 nitrogen and oxygen atoms in total. The van der Waals surface area contributed by atoms with Crippen LogP contribution in [0.3, 0.4) is 0 Å². The minimum Gasteiger partial charge on any atom is -0.344 e. The summed E-state index contributed by atoms with van der Waals surface area (Å²) in [6.45, 7) is 1.08. The molecule has 2 atom stereocenters. The molecule has 0 bridgehead atoms. The van der Waals surface area contributed by atoms with Crippen LogP contribution in [0.15, 0.2) is 30.3 Å². The summed E-state index contributed by atoms with van der Waals surface area (Å²) in [5, 5.41) is 5.09. The maximum Gasteiger partial charge on any atom is 0.471 e. The Morgan fingerprint density at radius 2 is 1.95 bits per heavy atom. The fourth-order valence-corrected chi connectivity index (χ4v) is 2.36. The topological polar surface area (TPSA) is 41.1 Å². The third kappa shape index (κ3) is 3.47. The van der Waals surface area contributed by atoms with Crippen molar-refractivity contribution in [1.29, 1.82) is 0 Å². The summed E-state index contributed by atoms with van der Waals surface area (Å²) < 4.78 is 36.9. The number of halogens is 3. The van der Waals surface area contributed by atoms with Gasteiger partial charge in [-0.15, -0.1) is 0 Å². The van der Waals surface area contributed by atoms with Crippen molar-refractivity contribution >= 4 is 5.91 Å². The molecule has 6 heteroatoms. The van der Waals surface area contributed by atoms with E-state index >= 15 is 0 Å². The van der Waals surface area contributed by atoms with Crippen molar-refractivity contribution in [2.24, 2.45) is 0 Å². The molecule has 1 aliphatic heterocycles. The molecule has 0 aliphatic carbocycles. The van der Waals surface area contributed by atoms with E-state index in [1.807, 2.05) is 30.3 Å². The number of benzene rings is 1. The third-order valence-electron chi connectivity index (χ3n) is 3.28. The van der Waals surface area contributed by atoms with E-state index in [1.54, 1.807) is 0 Å². The largest absolute Gasteiger partial charge is 0.471 e. The van der Waals surface area contributed by atoms with Crippen LogP contribution in [0.2, 0.25) is 0 Å². The van der Waals surface area contributed by atoms with E-state index in [4.69, 9.17) is 0 Å². The standard InChI is InChI=1S/C13H15F3N2O/c14-13(15,16)12(19)18-11-8-17-7-6-10(11)9-4-2-1-3-5-9/h1-5,10-11,17H,6-8H2,(H,18,19)/t10-,11-/m1/s1. The van der Waals surface area contributed by atoms with Gasteiger partial charge in [0, 0.05) is 18.5 Å². The molecule has 1 aromatic carbocycles. The minimum atomic E-state index is -4.83. The molecule has 1 saturated heterocycles. The highest BCUT2D eigenvalue weighted by molar-refractivity contribution is 5.82. The lowest BCUT2D eigenvalue weighted by atomic mass is 9.86. The fraction of sp³-hybridized carbons (Fsp3) is 0.462. The average molecular weight is 272 g/mol. The van der Waals surface area contributed by atoms with Crippen LogP contribution in [-0.4, -0.2) is 31.2 Å². The quantitative estimate of drug-likeness (QED) is 0.862. The molecule has 2 N–H and O–H groups in total. The molecule has 1 heterocycles. The fourth-order valence-electron chi connectivity index (χ4n) is 2.36. The Hall–Kier alpha value is -1.56. The molecule has 1 aromatic rings. The normalized spacial score (nSPS) is 23.9. The number of amides is 1. The molecule has 0 saturated carbocycles. The second-order valence-corrected chi connectivity index (χ2v) is 4.59. The van der Waals surface area contributed by atoms with Gasteiger partial charge in [0.15, 0.2) is 0 Å². The van der Waals surface area contributed by atoms with Gasteiger partial charge < -0.3 is 10.6 Å². The van der Waals surface area contributed by atoms with Crippen molar-refractivity contribution in [3.05, 3.63) is 35.9 Å². The van der Waals surface area contributed by atoms with Gasteiger partial charge >= 0.3 is 12.1 Å². The molecule has 0 aromatic heterocycles. The molecule has 104 valence electrons. The zero-order valence-corrected chi connectivity index (χ0v) is 10.2. The summed E-state index contributed by atoms with van der Waals surface area (Å²) in [5.41, 5.74) is 0.955. The first-order valence-corrected chi connectivity index (χ1v) is 6.12. The number of carbonyl (C=O) groups is 1. The summed E-state index contributed by atoms with van der Waals surface area (Å²) in [4.78, 5) is 11.0. The van der Waals surface area contributed by atoms with Gasteiger partial charge in [0.2, 0.25) is 0 Å². The van der Waals surface area contributed by atoms with Gasteiger partial charge in [-0.3, -0.25) is 4.79 Å². The number of nitrogens with one attached hydrogen (secondary N) is 2. The van der Waals surface area contributed by atoms with Crippen LogP contribution >= 0.6 is 0 Å². The number of alkyl halides is 3. The summed E-state index contributed by atoms with van der Waals surface area (Å²) >= 11 is 0. The highest BCUT2D eigenvalue weighted by Gasteiger charge is 2.41. The molecule has 0 unspecified atom stereocenters. The number of carbonyl (C=O) groups excluding carboxylic acids is 1. The van der Waals surface area contributed by atoms with Crippen LogP contribution < -0.4 is 10.6 Å². The summed E-state index contributed by atoms with van der Waals surface area (Å²) in [6.07, 6.45) is -4.13. The summed E-state index contributed by atoms with van der Waals surface area (Å²) in [5.74, 6) is -1.96.